The summed E-state index contributed by atoms with van der Waals surface area (Å²) < 4.78 is 0. The van der Waals surface area contributed by atoms with Gasteiger partial charge in [0.15, 0.2) is 0 Å². The van der Waals surface area contributed by atoms with Gasteiger partial charge < -0.3 is 0 Å². The first-order valence-electron chi connectivity index (χ1n) is 13.2. The Hall–Kier alpha value is -1.89. The van der Waals surface area contributed by atoms with Crippen LogP contribution >= 0.6 is 0 Å². The molecule has 2 aliphatic carbocycles. The fourth-order valence-corrected chi connectivity index (χ4v) is 6.56. The summed E-state index contributed by atoms with van der Waals surface area (Å²) in [6.45, 7) is 4.36. The van der Waals surface area contributed by atoms with Crippen molar-refractivity contribution in [2.45, 2.75) is 103 Å². The molecule has 0 heterocycles. The molecule has 4 rings (SSSR count). The molecule has 32 heavy (non-hydrogen) atoms. The molecule has 0 unspecified atom stereocenters. The Balaban J connectivity index is 1.54. The van der Waals surface area contributed by atoms with Crippen LogP contribution in [0.5, 0.6) is 0 Å². The first kappa shape index (κ1) is 23.3. The van der Waals surface area contributed by atoms with Crippen molar-refractivity contribution in [1.82, 2.24) is 0 Å². The minimum atomic E-state index is 0.396. The highest BCUT2D eigenvalue weighted by Crippen LogP contribution is 2.42. The summed E-state index contributed by atoms with van der Waals surface area (Å²) in [6.07, 6.45) is 14.6. The summed E-state index contributed by atoms with van der Waals surface area (Å²) in [5, 5.41) is 0. The average molecular weight is 431 g/mol. The smallest absolute Gasteiger partial charge is 0.134 e. The van der Waals surface area contributed by atoms with Gasteiger partial charge in [0.1, 0.15) is 5.78 Å². The first-order valence-corrected chi connectivity index (χ1v) is 13.2. The Labute approximate surface area is 196 Å². The number of benzene rings is 2. The summed E-state index contributed by atoms with van der Waals surface area (Å²) in [6, 6.07) is 18.0. The third-order valence-electron chi connectivity index (χ3n) is 8.27. The van der Waals surface area contributed by atoms with E-state index in [0.29, 0.717) is 29.5 Å². The molecule has 0 aliphatic heterocycles. The van der Waals surface area contributed by atoms with Gasteiger partial charge in [0, 0.05) is 12.8 Å². The number of carbonyl (C=O) groups is 1. The Morgan fingerprint density at radius 3 is 1.47 bits per heavy atom. The maximum absolute atomic E-state index is 13.7. The maximum atomic E-state index is 13.7. The van der Waals surface area contributed by atoms with Gasteiger partial charge in [-0.1, -0.05) is 98.2 Å². The van der Waals surface area contributed by atoms with Crippen LogP contribution in [0.1, 0.15) is 111 Å². The minimum absolute atomic E-state index is 0.396. The largest absolute Gasteiger partial charge is 0.300 e. The van der Waals surface area contributed by atoms with E-state index in [0.717, 1.165) is 12.8 Å². The quantitative estimate of drug-likeness (QED) is 0.409. The summed E-state index contributed by atoms with van der Waals surface area (Å²) >= 11 is 0. The van der Waals surface area contributed by atoms with Gasteiger partial charge in [-0.15, -0.1) is 0 Å². The van der Waals surface area contributed by atoms with Crippen LogP contribution in [0, 0.1) is 25.7 Å². The average Bonchev–Trinajstić information content (AvgIpc) is 2.82. The predicted octanol–water partition coefficient (Wildman–Crippen LogP) is 8.68. The predicted molar refractivity (Wildman–Crippen MR) is 135 cm³/mol. The van der Waals surface area contributed by atoms with E-state index in [4.69, 9.17) is 0 Å². The molecule has 2 aromatic carbocycles. The molecule has 2 fully saturated rings. The van der Waals surface area contributed by atoms with Crippen molar-refractivity contribution < 1.29 is 4.79 Å². The zero-order valence-corrected chi connectivity index (χ0v) is 20.3. The Kier molecular flexibility index (Phi) is 8.22. The molecule has 1 nitrogen and oxygen atoms in total. The Bertz CT molecular complexity index is 798. The van der Waals surface area contributed by atoms with Gasteiger partial charge in [-0.2, -0.15) is 0 Å². The van der Waals surface area contributed by atoms with Crippen LogP contribution in [0.2, 0.25) is 0 Å². The van der Waals surface area contributed by atoms with E-state index in [1.807, 2.05) is 0 Å². The number of ketones is 1. The summed E-state index contributed by atoms with van der Waals surface area (Å²) in [5.74, 6) is 2.61. The van der Waals surface area contributed by atoms with Gasteiger partial charge in [0.2, 0.25) is 0 Å². The number of rotatable bonds is 8. The van der Waals surface area contributed by atoms with Crippen molar-refractivity contribution >= 4 is 5.78 Å². The van der Waals surface area contributed by atoms with E-state index in [-0.39, 0.29) is 0 Å². The third-order valence-corrected chi connectivity index (χ3v) is 8.27. The first-order chi connectivity index (χ1) is 15.6. The molecule has 172 valence electrons. The molecule has 0 saturated heterocycles. The van der Waals surface area contributed by atoms with Crippen molar-refractivity contribution in [3.63, 3.8) is 0 Å². The molecule has 0 aromatic heterocycles. The highest BCUT2D eigenvalue weighted by atomic mass is 16.1. The van der Waals surface area contributed by atoms with Crippen LogP contribution in [-0.4, -0.2) is 5.78 Å². The zero-order chi connectivity index (χ0) is 22.3. The molecule has 0 bridgehead atoms. The number of aryl methyl sites for hydroxylation is 2. The van der Waals surface area contributed by atoms with Crippen LogP contribution in [0.4, 0.5) is 0 Å². The number of Topliss-reactive ketones (excluding diaryl/α,β-unsaturated/α-hetero) is 1. The van der Waals surface area contributed by atoms with Crippen LogP contribution in [0.25, 0.3) is 0 Å². The molecule has 0 radical (unpaired) electrons. The SMILES string of the molecule is Cc1cccc([C@@H](CC(=O)C[C@H](c2cccc(C)c2)C2CCCCC2)C2CCCCC2)c1. The fourth-order valence-electron chi connectivity index (χ4n) is 6.56. The van der Waals surface area contributed by atoms with Gasteiger partial charge in [0.05, 0.1) is 0 Å². The number of hydrogen-bond acceptors (Lipinski definition) is 1. The molecule has 2 atom stereocenters. The molecule has 0 spiro atoms. The molecule has 0 N–H and O–H groups in total. The van der Waals surface area contributed by atoms with E-state index in [2.05, 4.69) is 62.4 Å². The lowest BCUT2D eigenvalue weighted by molar-refractivity contribution is -0.120. The Morgan fingerprint density at radius 1 is 0.688 bits per heavy atom. The highest BCUT2D eigenvalue weighted by Gasteiger charge is 2.31. The molecule has 2 aliphatic rings. The lowest BCUT2D eigenvalue weighted by Crippen LogP contribution is -2.23. The van der Waals surface area contributed by atoms with Crippen LogP contribution < -0.4 is 0 Å². The van der Waals surface area contributed by atoms with E-state index in [1.165, 1.54) is 86.5 Å². The lowest BCUT2D eigenvalue weighted by Gasteiger charge is -2.33. The van der Waals surface area contributed by atoms with Crippen LogP contribution in [0.15, 0.2) is 48.5 Å². The fraction of sp³-hybridized carbons (Fsp3) is 0.581. The van der Waals surface area contributed by atoms with Gasteiger partial charge >= 0.3 is 0 Å². The topological polar surface area (TPSA) is 17.1 Å². The minimum Gasteiger partial charge on any atom is -0.300 e. The molecule has 2 saturated carbocycles. The van der Waals surface area contributed by atoms with Gasteiger partial charge in [-0.3, -0.25) is 4.79 Å². The van der Waals surface area contributed by atoms with Crippen molar-refractivity contribution in [3.8, 4) is 0 Å². The van der Waals surface area contributed by atoms with E-state index in [9.17, 15) is 4.79 Å². The maximum Gasteiger partial charge on any atom is 0.134 e. The normalized spacial score (nSPS) is 20.1. The molecular formula is C31H42O. The molecular weight excluding hydrogens is 388 g/mol. The lowest BCUT2D eigenvalue weighted by atomic mass is 9.71. The monoisotopic (exact) mass is 430 g/mol. The summed E-state index contributed by atoms with van der Waals surface area (Å²) in [5.41, 5.74) is 5.43. The van der Waals surface area contributed by atoms with Crippen molar-refractivity contribution in [3.05, 3.63) is 70.8 Å². The molecule has 1 heteroatoms. The van der Waals surface area contributed by atoms with Crippen LogP contribution in [0.3, 0.4) is 0 Å². The second-order valence-electron chi connectivity index (χ2n) is 10.8. The zero-order valence-electron chi connectivity index (χ0n) is 20.3. The molecule has 2 aromatic rings. The molecule has 0 amide bonds. The van der Waals surface area contributed by atoms with Gasteiger partial charge in [-0.05, 0) is 74.3 Å². The standard InChI is InChI=1S/C31H42O/c1-23-11-9-17-27(19-23)30(25-13-5-3-6-14-25)21-29(32)22-31(26-15-7-4-8-16-26)28-18-10-12-24(2)20-28/h9-12,17-20,25-26,30-31H,3-8,13-16,21-22H2,1-2H3/t30-,31-/m0/s1. The summed E-state index contributed by atoms with van der Waals surface area (Å²) in [7, 11) is 0. The van der Waals surface area contributed by atoms with Gasteiger partial charge in [-0.25, -0.2) is 0 Å². The second-order valence-corrected chi connectivity index (χ2v) is 10.8. The summed E-state index contributed by atoms with van der Waals surface area (Å²) in [4.78, 5) is 13.7. The van der Waals surface area contributed by atoms with Crippen molar-refractivity contribution in [1.29, 1.82) is 0 Å². The van der Waals surface area contributed by atoms with E-state index >= 15 is 0 Å². The van der Waals surface area contributed by atoms with E-state index in [1.54, 1.807) is 0 Å². The van der Waals surface area contributed by atoms with Crippen LogP contribution in [-0.2, 0) is 4.79 Å². The highest BCUT2D eigenvalue weighted by molar-refractivity contribution is 5.80. The Morgan fingerprint density at radius 2 is 1.09 bits per heavy atom. The number of carbonyl (C=O) groups excluding carboxylic acids is 1. The van der Waals surface area contributed by atoms with Crippen molar-refractivity contribution in [2.24, 2.45) is 11.8 Å². The third kappa shape index (κ3) is 6.12. The van der Waals surface area contributed by atoms with Crippen molar-refractivity contribution in [2.75, 3.05) is 0 Å². The number of hydrogen-bond donors (Lipinski definition) is 0. The van der Waals surface area contributed by atoms with E-state index < -0.39 is 0 Å². The van der Waals surface area contributed by atoms with Gasteiger partial charge in [0.25, 0.3) is 0 Å². The second kappa shape index (κ2) is 11.3.